The molecule has 0 bridgehead atoms. The minimum Gasteiger partial charge on any atom is -0.471 e. The maximum atomic E-state index is 12.0. The molecule has 0 spiro atoms. The average molecular weight is 214 g/mol. The molecule has 1 aliphatic carbocycles. The number of hydrogen-bond acceptors (Lipinski definition) is 3. The van der Waals surface area contributed by atoms with Crippen LogP contribution in [0.2, 0.25) is 0 Å². The molecule has 1 aromatic rings. The molecule has 1 aromatic heterocycles. The highest BCUT2D eigenvalue weighted by Crippen LogP contribution is 2.25. The summed E-state index contributed by atoms with van der Waals surface area (Å²) < 4.78 is 28.9. The van der Waals surface area contributed by atoms with Crippen LogP contribution in [0.3, 0.4) is 0 Å². The van der Waals surface area contributed by atoms with Crippen molar-refractivity contribution in [1.82, 2.24) is 9.97 Å². The Labute approximate surface area is 86.5 Å². The van der Waals surface area contributed by atoms with Gasteiger partial charge in [-0.1, -0.05) is 0 Å². The Morgan fingerprint density at radius 2 is 2.07 bits per heavy atom. The minimum absolute atomic E-state index is 0.333. The van der Waals surface area contributed by atoms with Gasteiger partial charge in [0.15, 0.2) is 6.61 Å². The van der Waals surface area contributed by atoms with E-state index >= 15 is 0 Å². The van der Waals surface area contributed by atoms with E-state index in [9.17, 15) is 8.78 Å². The fourth-order valence-electron chi connectivity index (χ4n) is 1.76. The number of ether oxygens (including phenoxy) is 1. The van der Waals surface area contributed by atoms with Crippen LogP contribution < -0.4 is 4.74 Å². The number of alkyl halides is 2. The van der Waals surface area contributed by atoms with E-state index in [0.29, 0.717) is 5.88 Å². The Hall–Kier alpha value is -1.26. The van der Waals surface area contributed by atoms with Crippen LogP contribution in [0.5, 0.6) is 5.88 Å². The van der Waals surface area contributed by atoms with Crippen molar-refractivity contribution < 1.29 is 13.5 Å². The fourth-order valence-corrected chi connectivity index (χ4v) is 1.76. The largest absolute Gasteiger partial charge is 0.471 e. The minimum atomic E-state index is -2.46. The molecule has 1 heterocycles. The topological polar surface area (TPSA) is 35.0 Å². The number of aromatic nitrogens is 2. The summed E-state index contributed by atoms with van der Waals surface area (Å²) in [6.45, 7) is -0.594. The van der Waals surface area contributed by atoms with Gasteiger partial charge < -0.3 is 4.74 Å². The first-order valence-electron chi connectivity index (χ1n) is 5.01. The van der Waals surface area contributed by atoms with E-state index in [1.54, 1.807) is 0 Å². The van der Waals surface area contributed by atoms with E-state index in [-0.39, 0.29) is 0 Å². The van der Waals surface area contributed by atoms with Gasteiger partial charge in [-0.25, -0.2) is 18.7 Å². The van der Waals surface area contributed by atoms with Crippen LogP contribution in [0.15, 0.2) is 6.33 Å². The summed E-state index contributed by atoms with van der Waals surface area (Å²) in [5.74, 6) is 0.333. The summed E-state index contributed by atoms with van der Waals surface area (Å²) in [7, 11) is 0. The lowest BCUT2D eigenvalue weighted by atomic mass is 9.97. The Balaban J connectivity index is 2.16. The second-order valence-corrected chi connectivity index (χ2v) is 3.51. The summed E-state index contributed by atoms with van der Waals surface area (Å²) in [5.41, 5.74) is 1.85. The molecule has 0 fully saturated rings. The van der Waals surface area contributed by atoms with Gasteiger partial charge in [0.05, 0.1) is 5.69 Å². The molecule has 0 aromatic carbocycles. The number of hydrogen-bond donors (Lipinski definition) is 0. The zero-order valence-corrected chi connectivity index (χ0v) is 8.25. The van der Waals surface area contributed by atoms with E-state index in [0.717, 1.165) is 36.9 Å². The number of nitrogens with zero attached hydrogens (tertiary/aromatic N) is 2. The van der Waals surface area contributed by atoms with Crippen LogP contribution in [0.25, 0.3) is 0 Å². The second-order valence-electron chi connectivity index (χ2n) is 3.51. The predicted octanol–water partition coefficient (Wildman–Crippen LogP) is 2.00. The van der Waals surface area contributed by atoms with Crippen LogP contribution in [-0.2, 0) is 12.8 Å². The smallest absolute Gasteiger partial charge is 0.272 e. The van der Waals surface area contributed by atoms with Crippen molar-refractivity contribution >= 4 is 0 Å². The van der Waals surface area contributed by atoms with E-state index < -0.39 is 13.0 Å². The van der Waals surface area contributed by atoms with Gasteiger partial charge in [-0.15, -0.1) is 0 Å². The van der Waals surface area contributed by atoms with Crippen molar-refractivity contribution in [3.8, 4) is 5.88 Å². The van der Waals surface area contributed by atoms with Crippen molar-refractivity contribution in [3.05, 3.63) is 17.6 Å². The Bertz CT molecular complexity index is 344. The molecule has 0 aliphatic heterocycles. The van der Waals surface area contributed by atoms with Gasteiger partial charge in [0, 0.05) is 5.56 Å². The zero-order chi connectivity index (χ0) is 10.7. The average Bonchev–Trinajstić information content (AvgIpc) is 2.26. The normalized spacial score (nSPS) is 15.1. The first-order valence-corrected chi connectivity index (χ1v) is 5.01. The van der Waals surface area contributed by atoms with E-state index in [4.69, 9.17) is 4.74 Å². The summed E-state index contributed by atoms with van der Waals surface area (Å²) >= 11 is 0. The molecule has 0 saturated carbocycles. The molecule has 0 unspecified atom stereocenters. The monoisotopic (exact) mass is 214 g/mol. The third-order valence-corrected chi connectivity index (χ3v) is 2.43. The molecule has 3 nitrogen and oxygen atoms in total. The van der Waals surface area contributed by atoms with Gasteiger partial charge in [-0.2, -0.15) is 0 Å². The highest BCUT2D eigenvalue weighted by molar-refractivity contribution is 5.31. The molecule has 15 heavy (non-hydrogen) atoms. The molecule has 0 saturated heterocycles. The maximum absolute atomic E-state index is 12.0. The fraction of sp³-hybridized carbons (Fsp3) is 0.600. The Kier molecular flexibility index (Phi) is 3.08. The van der Waals surface area contributed by atoms with E-state index in [2.05, 4.69) is 9.97 Å². The van der Waals surface area contributed by atoms with Crippen LogP contribution >= 0.6 is 0 Å². The lowest BCUT2D eigenvalue weighted by Gasteiger charge is -2.16. The summed E-state index contributed by atoms with van der Waals surface area (Å²) in [4.78, 5) is 8.03. The highest BCUT2D eigenvalue weighted by Gasteiger charge is 2.17. The quantitative estimate of drug-likeness (QED) is 0.771. The first-order chi connectivity index (χ1) is 7.27. The van der Waals surface area contributed by atoms with Crippen LogP contribution in [0.4, 0.5) is 8.78 Å². The van der Waals surface area contributed by atoms with Crippen molar-refractivity contribution in [2.75, 3.05) is 6.61 Å². The van der Waals surface area contributed by atoms with Gasteiger partial charge in [-0.3, -0.25) is 0 Å². The number of rotatable bonds is 3. The number of aryl methyl sites for hydroxylation is 1. The molecule has 5 heteroatoms. The molecular weight excluding hydrogens is 202 g/mol. The molecule has 82 valence electrons. The molecule has 0 N–H and O–H groups in total. The molecule has 0 amide bonds. The van der Waals surface area contributed by atoms with Gasteiger partial charge >= 0.3 is 0 Å². The van der Waals surface area contributed by atoms with Gasteiger partial charge in [0.2, 0.25) is 5.88 Å². The number of halogens is 2. The van der Waals surface area contributed by atoms with Crippen LogP contribution in [0.1, 0.15) is 24.1 Å². The molecule has 1 aliphatic rings. The Morgan fingerprint density at radius 3 is 2.87 bits per heavy atom. The van der Waals surface area contributed by atoms with E-state index in [1.165, 1.54) is 6.33 Å². The van der Waals surface area contributed by atoms with Crippen molar-refractivity contribution in [1.29, 1.82) is 0 Å². The molecular formula is C10H12F2N2O. The lowest BCUT2D eigenvalue weighted by Crippen LogP contribution is -2.13. The van der Waals surface area contributed by atoms with Crippen molar-refractivity contribution in [3.63, 3.8) is 0 Å². The van der Waals surface area contributed by atoms with Crippen molar-refractivity contribution in [2.24, 2.45) is 0 Å². The Morgan fingerprint density at radius 1 is 1.27 bits per heavy atom. The summed E-state index contributed by atoms with van der Waals surface area (Å²) in [6.07, 6.45) is 2.78. The van der Waals surface area contributed by atoms with Crippen LogP contribution in [-0.4, -0.2) is 23.0 Å². The standard InChI is InChI=1S/C10H12F2N2O/c11-9(12)5-15-10-7-3-1-2-4-8(7)13-6-14-10/h6,9H,1-5H2. The summed E-state index contributed by atoms with van der Waals surface area (Å²) in [6, 6.07) is 0. The number of fused-ring (bicyclic) bond motifs is 1. The molecule has 0 radical (unpaired) electrons. The van der Waals surface area contributed by atoms with Gasteiger partial charge in [0.25, 0.3) is 6.43 Å². The zero-order valence-electron chi connectivity index (χ0n) is 8.25. The SMILES string of the molecule is FC(F)COc1ncnc2c1CCCC2. The highest BCUT2D eigenvalue weighted by atomic mass is 19.3. The summed E-state index contributed by atoms with van der Waals surface area (Å²) in [5, 5.41) is 0. The maximum Gasteiger partial charge on any atom is 0.272 e. The van der Waals surface area contributed by atoms with Crippen LogP contribution in [0, 0.1) is 0 Å². The predicted molar refractivity (Wildman–Crippen MR) is 50.2 cm³/mol. The third-order valence-electron chi connectivity index (χ3n) is 2.43. The van der Waals surface area contributed by atoms with Gasteiger partial charge in [-0.05, 0) is 25.7 Å². The molecule has 0 atom stereocenters. The van der Waals surface area contributed by atoms with E-state index in [1.807, 2.05) is 0 Å². The van der Waals surface area contributed by atoms with Crippen molar-refractivity contribution in [2.45, 2.75) is 32.1 Å². The third kappa shape index (κ3) is 2.40. The molecule has 2 rings (SSSR count). The lowest BCUT2D eigenvalue weighted by molar-refractivity contribution is 0.0788. The first kappa shape index (κ1) is 10.3. The second kappa shape index (κ2) is 4.51. The van der Waals surface area contributed by atoms with Gasteiger partial charge in [0.1, 0.15) is 6.33 Å².